The maximum absolute atomic E-state index is 12.1. The summed E-state index contributed by atoms with van der Waals surface area (Å²) in [6.45, 7) is 5.49. The first-order chi connectivity index (χ1) is 10.4. The predicted octanol–water partition coefficient (Wildman–Crippen LogP) is 3.76. The van der Waals surface area contributed by atoms with Crippen molar-refractivity contribution in [3.05, 3.63) is 0 Å². The maximum Gasteiger partial charge on any atom is 0.410 e. The minimum Gasteiger partial charge on any atom is -0.428 e. The molecule has 2 rings (SSSR count). The van der Waals surface area contributed by atoms with Crippen molar-refractivity contribution in [2.75, 3.05) is 6.79 Å². The summed E-state index contributed by atoms with van der Waals surface area (Å²) in [5, 5.41) is 3.11. The first-order valence-corrected chi connectivity index (χ1v) is 8.45. The molecular formula is C17H29NO4. The zero-order valence-electron chi connectivity index (χ0n) is 14.1. The van der Waals surface area contributed by atoms with E-state index in [4.69, 9.17) is 4.74 Å². The van der Waals surface area contributed by atoms with Gasteiger partial charge in [-0.15, -0.1) is 0 Å². The van der Waals surface area contributed by atoms with Crippen LogP contribution in [0.4, 0.5) is 4.79 Å². The fourth-order valence-electron chi connectivity index (χ4n) is 4.74. The second-order valence-corrected chi connectivity index (χ2v) is 7.49. The van der Waals surface area contributed by atoms with Crippen molar-refractivity contribution < 1.29 is 19.1 Å². The molecule has 0 radical (unpaired) electrons. The molecule has 2 aliphatic rings. The summed E-state index contributed by atoms with van der Waals surface area (Å²) in [6.07, 6.45) is 8.70. The maximum atomic E-state index is 12.1. The van der Waals surface area contributed by atoms with Crippen LogP contribution in [0.15, 0.2) is 0 Å². The van der Waals surface area contributed by atoms with Crippen molar-refractivity contribution in [2.24, 2.45) is 11.3 Å². The minimum absolute atomic E-state index is 0.167. The van der Waals surface area contributed by atoms with Crippen LogP contribution in [0.3, 0.4) is 0 Å². The van der Waals surface area contributed by atoms with E-state index in [-0.39, 0.29) is 12.3 Å². The SMILES string of the molecule is CCCC1(NC(=O)OCOC(C)=O)CC2CCCC(C)(C2)C1. The fourth-order valence-corrected chi connectivity index (χ4v) is 4.74. The molecule has 0 spiro atoms. The van der Waals surface area contributed by atoms with Gasteiger partial charge in [0.2, 0.25) is 6.79 Å². The largest absolute Gasteiger partial charge is 0.428 e. The van der Waals surface area contributed by atoms with E-state index in [0.29, 0.717) is 11.3 Å². The summed E-state index contributed by atoms with van der Waals surface area (Å²) in [5.74, 6) is 0.253. The molecule has 0 heterocycles. The summed E-state index contributed by atoms with van der Waals surface area (Å²) in [4.78, 5) is 22.8. The summed E-state index contributed by atoms with van der Waals surface area (Å²) in [6, 6.07) is 0. The lowest BCUT2D eigenvalue weighted by molar-refractivity contribution is -0.149. The highest BCUT2D eigenvalue weighted by Gasteiger charge is 2.48. The van der Waals surface area contributed by atoms with Gasteiger partial charge < -0.3 is 14.8 Å². The van der Waals surface area contributed by atoms with Gasteiger partial charge in [0.1, 0.15) is 0 Å². The van der Waals surface area contributed by atoms with E-state index in [1.165, 1.54) is 32.6 Å². The van der Waals surface area contributed by atoms with Crippen molar-refractivity contribution in [1.29, 1.82) is 0 Å². The first kappa shape index (κ1) is 17.1. The lowest BCUT2D eigenvalue weighted by Gasteiger charge is -2.52. The molecule has 2 bridgehead atoms. The van der Waals surface area contributed by atoms with Crippen molar-refractivity contribution in [3.63, 3.8) is 0 Å². The first-order valence-electron chi connectivity index (χ1n) is 8.45. The van der Waals surface area contributed by atoms with E-state index < -0.39 is 12.1 Å². The molecule has 3 unspecified atom stereocenters. The zero-order chi connectivity index (χ0) is 16.2. The zero-order valence-corrected chi connectivity index (χ0v) is 14.1. The molecule has 2 fully saturated rings. The van der Waals surface area contributed by atoms with Crippen LogP contribution in [0.1, 0.15) is 72.1 Å². The molecule has 2 aliphatic carbocycles. The Bertz CT molecular complexity index is 425. The van der Waals surface area contributed by atoms with Gasteiger partial charge in [0.15, 0.2) is 0 Å². The number of nitrogens with one attached hydrogen (secondary N) is 1. The molecule has 2 saturated carbocycles. The number of carbonyl (C=O) groups is 2. The van der Waals surface area contributed by atoms with Crippen molar-refractivity contribution in [2.45, 2.75) is 77.7 Å². The normalized spacial score (nSPS) is 33.9. The van der Waals surface area contributed by atoms with E-state index in [1.807, 2.05) is 0 Å². The van der Waals surface area contributed by atoms with Crippen LogP contribution in [-0.2, 0) is 14.3 Å². The van der Waals surface area contributed by atoms with Crippen LogP contribution in [-0.4, -0.2) is 24.4 Å². The Labute approximate surface area is 133 Å². The topological polar surface area (TPSA) is 64.6 Å². The van der Waals surface area contributed by atoms with Crippen LogP contribution < -0.4 is 5.32 Å². The number of amides is 1. The quantitative estimate of drug-likeness (QED) is 0.620. The molecule has 5 heteroatoms. The third-order valence-corrected chi connectivity index (χ3v) is 5.17. The minimum atomic E-state index is -0.474. The van der Waals surface area contributed by atoms with Crippen molar-refractivity contribution >= 4 is 12.1 Å². The van der Waals surface area contributed by atoms with Gasteiger partial charge in [-0.2, -0.15) is 0 Å². The van der Waals surface area contributed by atoms with Crippen LogP contribution >= 0.6 is 0 Å². The molecule has 0 aliphatic heterocycles. The number of hydrogen-bond acceptors (Lipinski definition) is 4. The Morgan fingerprint density at radius 1 is 1.27 bits per heavy atom. The van der Waals surface area contributed by atoms with Gasteiger partial charge in [0.25, 0.3) is 0 Å². The van der Waals surface area contributed by atoms with Crippen LogP contribution in [0, 0.1) is 11.3 Å². The van der Waals surface area contributed by atoms with E-state index in [2.05, 4.69) is 23.9 Å². The third-order valence-electron chi connectivity index (χ3n) is 5.17. The second kappa shape index (κ2) is 6.88. The molecule has 3 atom stereocenters. The number of esters is 1. The van der Waals surface area contributed by atoms with Gasteiger partial charge in [-0.3, -0.25) is 4.79 Å². The molecule has 0 aromatic carbocycles. The Morgan fingerprint density at radius 3 is 2.68 bits per heavy atom. The standard InChI is InChI=1S/C17H29NO4/c1-4-7-17(18-15(20)22-12-21-13(2)19)10-14-6-5-8-16(3,9-14)11-17/h14H,4-12H2,1-3H3,(H,18,20). The van der Waals surface area contributed by atoms with Gasteiger partial charge in [-0.25, -0.2) is 4.79 Å². The molecular weight excluding hydrogens is 282 g/mol. The highest BCUT2D eigenvalue weighted by molar-refractivity contribution is 5.69. The fraction of sp³-hybridized carbons (Fsp3) is 0.882. The van der Waals surface area contributed by atoms with E-state index in [9.17, 15) is 9.59 Å². The Balaban J connectivity index is 1.99. The van der Waals surface area contributed by atoms with E-state index >= 15 is 0 Å². The van der Waals surface area contributed by atoms with Crippen molar-refractivity contribution in [1.82, 2.24) is 5.32 Å². The molecule has 22 heavy (non-hydrogen) atoms. The monoisotopic (exact) mass is 311 g/mol. The highest BCUT2D eigenvalue weighted by atomic mass is 16.7. The Hall–Kier alpha value is -1.26. The Morgan fingerprint density at radius 2 is 2.05 bits per heavy atom. The molecule has 0 aromatic rings. The number of ether oxygens (including phenoxy) is 2. The van der Waals surface area contributed by atoms with E-state index in [1.54, 1.807) is 0 Å². The lowest BCUT2D eigenvalue weighted by atomic mass is 9.56. The van der Waals surface area contributed by atoms with Crippen LogP contribution in [0.5, 0.6) is 0 Å². The van der Waals surface area contributed by atoms with Gasteiger partial charge in [-0.05, 0) is 43.4 Å². The van der Waals surface area contributed by atoms with E-state index in [0.717, 1.165) is 25.7 Å². The van der Waals surface area contributed by atoms with Gasteiger partial charge in [0, 0.05) is 12.5 Å². The number of hydrogen-bond donors (Lipinski definition) is 1. The van der Waals surface area contributed by atoms with Gasteiger partial charge >= 0.3 is 12.1 Å². The average Bonchev–Trinajstić information content (AvgIpc) is 2.36. The van der Waals surface area contributed by atoms with Crippen molar-refractivity contribution in [3.8, 4) is 0 Å². The summed E-state index contributed by atoms with van der Waals surface area (Å²) < 4.78 is 9.66. The number of carbonyl (C=O) groups excluding carboxylic acids is 2. The number of fused-ring (bicyclic) bond motifs is 2. The Kier molecular flexibility index (Phi) is 5.35. The molecule has 1 N–H and O–H groups in total. The summed E-state index contributed by atoms with van der Waals surface area (Å²) >= 11 is 0. The van der Waals surface area contributed by atoms with Crippen LogP contribution in [0.25, 0.3) is 0 Å². The predicted molar refractivity (Wildman–Crippen MR) is 83.2 cm³/mol. The lowest BCUT2D eigenvalue weighted by Crippen LogP contribution is -2.56. The molecule has 126 valence electrons. The highest BCUT2D eigenvalue weighted by Crippen LogP contribution is 2.53. The second-order valence-electron chi connectivity index (χ2n) is 7.49. The smallest absolute Gasteiger partial charge is 0.410 e. The van der Waals surface area contributed by atoms with Gasteiger partial charge in [0.05, 0.1) is 0 Å². The average molecular weight is 311 g/mol. The number of rotatable bonds is 5. The third kappa shape index (κ3) is 4.37. The number of alkyl carbamates (subject to hydrolysis) is 1. The molecule has 0 aromatic heterocycles. The van der Waals surface area contributed by atoms with Crippen LogP contribution in [0.2, 0.25) is 0 Å². The molecule has 1 amide bonds. The summed E-state index contributed by atoms with van der Waals surface area (Å²) in [5.41, 5.74) is 0.166. The van der Waals surface area contributed by atoms with Gasteiger partial charge in [-0.1, -0.05) is 33.1 Å². The molecule has 0 saturated heterocycles. The molecule has 5 nitrogen and oxygen atoms in total. The summed E-state index contributed by atoms with van der Waals surface area (Å²) in [7, 11) is 0.